The van der Waals surface area contributed by atoms with Crippen molar-refractivity contribution < 1.29 is 14.2 Å². The average Bonchev–Trinajstić information content (AvgIpc) is 2.92. The molecule has 0 aromatic carbocycles. The molecule has 3 aliphatic rings. The van der Waals surface area contributed by atoms with Crippen LogP contribution in [0.2, 0.25) is 0 Å². The minimum atomic E-state index is -0.243. The van der Waals surface area contributed by atoms with Crippen LogP contribution >= 0.6 is 0 Å². The second-order valence-electron chi connectivity index (χ2n) is 5.13. The van der Waals surface area contributed by atoms with E-state index in [1.54, 1.807) is 0 Å². The van der Waals surface area contributed by atoms with Crippen molar-refractivity contribution in [3.63, 3.8) is 0 Å². The third-order valence-corrected chi connectivity index (χ3v) is 3.88. The van der Waals surface area contributed by atoms with E-state index in [4.69, 9.17) is 14.2 Å². The van der Waals surface area contributed by atoms with Crippen molar-refractivity contribution in [1.29, 1.82) is 0 Å². The second kappa shape index (κ2) is 4.61. The molecule has 0 aromatic rings. The van der Waals surface area contributed by atoms with Crippen LogP contribution in [0.4, 0.5) is 0 Å². The average molecular weight is 227 g/mol. The summed E-state index contributed by atoms with van der Waals surface area (Å²) in [6.45, 7) is 3.32. The summed E-state index contributed by atoms with van der Waals surface area (Å²) in [4.78, 5) is 0. The molecule has 0 radical (unpaired) electrons. The lowest BCUT2D eigenvalue weighted by atomic mass is 10.1. The van der Waals surface area contributed by atoms with Gasteiger partial charge in [-0.1, -0.05) is 0 Å². The van der Waals surface area contributed by atoms with Crippen LogP contribution in [0.25, 0.3) is 0 Å². The standard InChI is InChI=1S/C12H21NO3/c1-2-11(9-14-5-1)13-10-3-4-12(8-10)15-6-7-16-12/h10-11,13H,1-9H2. The van der Waals surface area contributed by atoms with Gasteiger partial charge >= 0.3 is 0 Å². The molecule has 16 heavy (non-hydrogen) atoms. The van der Waals surface area contributed by atoms with Gasteiger partial charge in [-0.05, 0) is 19.3 Å². The summed E-state index contributed by atoms with van der Waals surface area (Å²) in [5, 5.41) is 3.68. The lowest BCUT2D eigenvalue weighted by Gasteiger charge is -2.27. The lowest BCUT2D eigenvalue weighted by Crippen LogP contribution is -2.43. The fraction of sp³-hybridized carbons (Fsp3) is 1.00. The summed E-state index contributed by atoms with van der Waals surface area (Å²) in [5.41, 5.74) is 0. The molecule has 2 unspecified atom stereocenters. The molecular weight excluding hydrogens is 206 g/mol. The molecule has 4 nitrogen and oxygen atoms in total. The van der Waals surface area contributed by atoms with Gasteiger partial charge in [0.25, 0.3) is 0 Å². The van der Waals surface area contributed by atoms with E-state index in [2.05, 4.69) is 5.32 Å². The van der Waals surface area contributed by atoms with E-state index in [0.29, 0.717) is 12.1 Å². The van der Waals surface area contributed by atoms with Crippen LogP contribution in [0.15, 0.2) is 0 Å². The monoisotopic (exact) mass is 227 g/mol. The van der Waals surface area contributed by atoms with Crippen molar-refractivity contribution >= 4 is 0 Å². The van der Waals surface area contributed by atoms with Crippen LogP contribution in [0.3, 0.4) is 0 Å². The Balaban J connectivity index is 1.49. The van der Waals surface area contributed by atoms with E-state index >= 15 is 0 Å². The SMILES string of the molecule is C1COCC(NC2CCC3(C2)OCCO3)C1. The molecule has 2 heterocycles. The highest BCUT2D eigenvalue weighted by Gasteiger charge is 2.44. The zero-order chi connectivity index (χ0) is 10.8. The van der Waals surface area contributed by atoms with Crippen LogP contribution in [0.5, 0.6) is 0 Å². The van der Waals surface area contributed by atoms with Gasteiger partial charge in [0, 0.05) is 31.5 Å². The summed E-state index contributed by atoms with van der Waals surface area (Å²) in [6.07, 6.45) is 5.63. The van der Waals surface area contributed by atoms with Crippen molar-refractivity contribution in [2.45, 2.75) is 50.0 Å². The predicted octanol–water partition coefficient (Wildman–Crippen LogP) is 1.05. The third-order valence-electron chi connectivity index (χ3n) is 3.88. The maximum Gasteiger partial charge on any atom is 0.170 e. The molecular formula is C12H21NO3. The Labute approximate surface area is 96.6 Å². The number of hydrogen-bond acceptors (Lipinski definition) is 4. The first-order valence-corrected chi connectivity index (χ1v) is 6.48. The Kier molecular flexibility index (Phi) is 3.16. The Morgan fingerprint density at radius 2 is 1.88 bits per heavy atom. The molecule has 1 spiro atoms. The molecule has 0 amide bonds. The van der Waals surface area contributed by atoms with Crippen LogP contribution in [0.1, 0.15) is 32.1 Å². The molecule has 2 atom stereocenters. The zero-order valence-electron chi connectivity index (χ0n) is 9.74. The van der Waals surface area contributed by atoms with E-state index in [1.807, 2.05) is 0 Å². The van der Waals surface area contributed by atoms with Crippen LogP contribution in [-0.2, 0) is 14.2 Å². The second-order valence-corrected chi connectivity index (χ2v) is 5.13. The Hall–Kier alpha value is -0.160. The molecule has 0 aromatic heterocycles. The molecule has 0 bridgehead atoms. The molecule has 3 rings (SSSR count). The predicted molar refractivity (Wildman–Crippen MR) is 59.3 cm³/mol. The largest absolute Gasteiger partial charge is 0.380 e. The summed E-state index contributed by atoms with van der Waals surface area (Å²) < 4.78 is 16.9. The molecule has 3 fully saturated rings. The lowest BCUT2D eigenvalue weighted by molar-refractivity contribution is -0.151. The Morgan fingerprint density at radius 1 is 1.00 bits per heavy atom. The minimum absolute atomic E-state index is 0.243. The van der Waals surface area contributed by atoms with Gasteiger partial charge in [-0.3, -0.25) is 0 Å². The topological polar surface area (TPSA) is 39.7 Å². The van der Waals surface area contributed by atoms with E-state index in [-0.39, 0.29) is 5.79 Å². The van der Waals surface area contributed by atoms with Gasteiger partial charge in [-0.15, -0.1) is 0 Å². The fourth-order valence-electron chi connectivity index (χ4n) is 3.08. The minimum Gasteiger partial charge on any atom is -0.380 e. The van der Waals surface area contributed by atoms with E-state index in [0.717, 1.165) is 45.7 Å². The van der Waals surface area contributed by atoms with Crippen molar-refractivity contribution in [2.75, 3.05) is 26.4 Å². The van der Waals surface area contributed by atoms with E-state index in [1.165, 1.54) is 12.8 Å². The van der Waals surface area contributed by atoms with Crippen molar-refractivity contribution in [1.82, 2.24) is 5.32 Å². The zero-order valence-corrected chi connectivity index (χ0v) is 9.74. The summed E-state index contributed by atoms with van der Waals surface area (Å²) >= 11 is 0. The number of rotatable bonds is 2. The van der Waals surface area contributed by atoms with Crippen molar-refractivity contribution in [2.24, 2.45) is 0 Å². The maximum absolute atomic E-state index is 5.73. The van der Waals surface area contributed by atoms with Crippen molar-refractivity contribution in [3.05, 3.63) is 0 Å². The normalized spacial score (nSPS) is 38.2. The molecule has 2 saturated heterocycles. The van der Waals surface area contributed by atoms with Gasteiger partial charge < -0.3 is 19.5 Å². The van der Waals surface area contributed by atoms with Gasteiger partial charge in [0.05, 0.1) is 19.8 Å². The smallest absolute Gasteiger partial charge is 0.170 e. The van der Waals surface area contributed by atoms with Crippen LogP contribution < -0.4 is 5.32 Å². The number of nitrogens with one attached hydrogen (secondary N) is 1. The fourth-order valence-corrected chi connectivity index (χ4v) is 3.08. The highest BCUT2D eigenvalue weighted by atomic mass is 16.7. The Bertz CT molecular complexity index is 234. The molecule has 2 aliphatic heterocycles. The molecule has 4 heteroatoms. The van der Waals surface area contributed by atoms with Gasteiger partial charge in [0.1, 0.15) is 0 Å². The molecule has 92 valence electrons. The summed E-state index contributed by atoms with van der Waals surface area (Å²) in [5.74, 6) is -0.243. The van der Waals surface area contributed by atoms with Gasteiger partial charge in [-0.25, -0.2) is 0 Å². The maximum atomic E-state index is 5.73. The molecule has 1 saturated carbocycles. The van der Waals surface area contributed by atoms with Gasteiger partial charge in [0.15, 0.2) is 5.79 Å². The van der Waals surface area contributed by atoms with E-state index in [9.17, 15) is 0 Å². The van der Waals surface area contributed by atoms with Crippen molar-refractivity contribution in [3.8, 4) is 0 Å². The Morgan fingerprint density at radius 3 is 2.62 bits per heavy atom. The first-order chi connectivity index (χ1) is 7.86. The molecule has 1 N–H and O–H groups in total. The van der Waals surface area contributed by atoms with Gasteiger partial charge in [0.2, 0.25) is 0 Å². The molecule has 1 aliphatic carbocycles. The highest BCUT2D eigenvalue weighted by Crippen LogP contribution is 2.37. The summed E-state index contributed by atoms with van der Waals surface area (Å²) in [6, 6.07) is 1.08. The third kappa shape index (κ3) is 2.25. The first-order valence-electron chi connectivity index (χ1n) is 6.48. The quantitative estimate of drug-likeness (QED) is 0.765. The number of ether oxygens (including phenoxy) is 3. The van der Waals surface area contributed by atoms with Crippen LogP contribution in [-0.4, -0.2) is 44.3 Å². The first kappa shape index (κ1) is 11.0. The van der Waals surface area contributed by atoms with E-state index < -0.39 is 0 Å². The van der Waals surface area contributed by atoms with Crippen LogP contribution in [0, 0.1) is 0 Å². The highest BCUT2D eigenvalue weighted by molar-refractivity contribution is 4.91. The number of hydrogen-bond donors (Lipinski definition) is 1. The summed E-state index contributed by atoms with van der Waals surface area (Å²) in [7, 11) is 0. The van der Waals surface area contributed by atoms with Gasteiger partial charge in [-0.2, -0.15) is 0 Å².